The first-order chi connectivity index (χ1) is 8.52. The normalized spacial score (nSPS) is 31.7. The molecule has 3 N–H and O–H groups in total. The Morgan fingerprint density at radius 2 is 2.06 bits per heavy atom. The molecule has 0 aromatic heterocycles. The Hall–Kier alpha value is -0.160. The fraction of sp³-hybridized carbons (Fsp3) is 1.00. The molecule has 4 nitrogen and oxygen atoms in total. The maximum absolute atomic E-state index is 9.30. The highest BCUT2D eigenvalue weighted by Gasteiger charge is 2.32. The summed E-state index contributed by atoms with van der Waals surface area (Å²) in [6, 6.07) is 1.22. The summed E-state index contributed by atoms with van der Waals surface area (Å²) in [7, 11) is 0. The molecule has 3 unspecified atom stereocenters. The Kier molecular flexibility index (Phi) is 4.64. The van der Waals surface area contributed by atoms with E-state index < -0.39 is 5.54 Å². The van der Waals surface area contributed by atoms with Crippen LogP contribution in [-0.4, -0.2) is 65.3 Å². The van der Waals surface area contributed by atoms with Gasteiger partial charge in [0.25, 0.3) is 0 Å². The average molecular weight is 255 g/mol. The largest absolute Gasteiger partial charge is 0.394 e. The third kappa shape index (κ3) is 3.44. The van der Waals surface area contributed by atoms with Crippen LogP contribution in [0.25, 0.3) is 0 Å². The maximum atomic E-state index is 9.30. The molecule has 2 saturated heterocycles. The second-order valence-corrected chi connectivity index (χ2v) is 6.55. The Labute approximate surface area is 111 Å². The first-order valence-corrected chi connectivity index (χ1v) is 7.40. The van der Waals surface area contributed by atoms with E-state index in [9.17, 15) is 5.11 Å². The highest BCUT2D eigenvalue weighted by Crippen LogP contribution is 2.24. The highest BCUT2D eigenvalue weighted by atomic mass is 16.3. The minimum absolute atomic E-state index is 0.0702. The smallest absolute Gasteiger partial charge is 0.0609 e. The monoisotopic (exact) mass is 255 g/mol. The number of hydrogen-bond acceptors (Lipinski definition) is 4. The molecule has 106 valence electrons. The van der Waals surface area contributed by atoms with E-state index in [4.69, 9.17) is 5.73 Å². The van der Waals surface area contributed by atoms with E-state index >= 15 is 0 Å². The molecule has 0 bridgehead atoms. The zero-order valence-electron chi connectivity index (χ0n) is 11.9. The van der Waals surface area contributed by atoms with E-state index in [1.165, 1.54) is 45.4 Å². The second-order valence-electron chi connectivity index (χ2n) is 6.55. The maximum Gasteiger partial charge on any atom is 0.0609 e. The van der Waals surface area contributed by atoms with Gasteiger partial charge in [-0.05, 0) is 59.2 Å². The molecule has 2 aliphatic rings. The first kappa shape index (κ1) is 14.3. The van der Waals surface area contributed by atoms with E-state index in [0.29, 0.717) is 6.04 Å². The lowest BCUT2D eigenvalue weighted by Gasteiger charge is -2.35. The molecule has 18 heavy (non-hydrogen) atoms. The summed E-state index contributed by atoms with van der Waals surface area (Å²) in [5.74, 6) is 0. The summed E-state index contributed by atoms with van der Waals surface area (Å²) in [6.45, 7) is 9.18. The van der Waals surface area contributed by atoms with E-state index in [-0.39, 0.29) is 6.61 Å². The third-order valence-corrected chi connectivity index (χ3v) is 4.58. The minimum Gasteiger partial charge on any atom is -0.394 e. The Morgan fingerprint density at radius 3 is 2.78 bits per heavy atom. The summed E-state index contributed by atoms with van der Waals surface area (Å²) in [5, 5.41) is 9.30. The van der Waals surface area contributed by atoms with Crippen LogP contribution in [0.5, 0.6) is 0 Å². The molecule has 0 aromatic rings. The van der Waals surface area contributed by atoms with Gasteiger partial charge in [-0.3, -0.25) is 9.80 Å². The van der Waals surface area contributed by atoms with Gasteiger partial charge in [0, 0.05) is 24.2 Å². The van der Waals surface area contributed by atoms with Crippen LogP contribution in [-0.2, 0) is 0 Å². The lowest BCUT2D eigenvalue weighted by atomic mass is 9.95. The van der Waals surface area contributed by atoms with Gasteiger partial charge in [-0.25, -0.2) is 0 Å². The number of aliphatic hydroxyl groups excluding tert-OH is 1. The predicted octanol–water partition coefficient (Wildman–Crippen LogP) is 0.645. The van der Waals surface area contributed by atoms with Crippen molar-refractivity contribution < 1.29 is 5.11 Å². The standard InChI is InChI=1S/C14H29N3O/c1-12(9-14(2,15)11-18)17-8-4-7-16-6-3-5-13(16)10-17/h12-13,18H,3-11,15H2,1-2H3. The number of nitrogens with zero attached hydrogens (tertiary/aromatic N) is 2. The van der Waals surface area contributed by atoms with Crippen molar-refractivity contribution in [3.05, 3.63) is 0 Å². The van der Waals surface area contributed by atoms with Crippen molar-refractivity contribution in [2.75, 3.05) is 32.8 Å². The molecule has 4 heteroatoms. The summed E-state index contributed by atoms with van der Waals surface area (Å²) >= 11 is 0. The van der Waals surface area contributed by atoms with Crippen LogP contribution in [0.1, 0.15) is 39.5 Å². The number of nitrogens with two attached hydrogens (primary N) is 1. The molecule has 0 amide bonds. The molecular formula is C14H29N3O. The molecule has 2 aliphatic heterocycles. The predicted molar refractivity (Wildman–Crippen MR) is 74.5 cm³/mol. The van der Waals surface area contributed by atoms with Gasteiger partial charge in [0.05, 0.1) is 6.61 Å². The molecular weight excluding hydrogens is 226 g/mol. The van der Waals surface area contributed by atoms with Gasteiger partial charge in [0.2, 0.25) is 0 Å². The molecule has 2 rings (SSSR count). The molecule has 0 radical (unpaired) electrons. The minimum atomic E-state index is -0.443. The van der Waals surface area contributed by atoms with Gasteiger partial charge >= 0.3 is 0 Å². The van der Waals surface area contributed by atoms with E-state index in [2.05, 4.69) is 16.7 Å². The summed E-state index contributed by atoms with van der Waals surface area (Å²) in [6.07, 6.45) is 4.85. The second kappa shape index (κ2) is 5.87. The van der Waals surface area contributed by atoms with Crippen LogP contribution in [0.3, 0.4) is 0 Å². The lowest BCUT2D eigenvalue weighted by Crippen LogP contribution is -2.48. The molecule has 3 atom stereocenters. The zero-order chi connectivity index (χ0) is 13.2. The summed E-state index contributed by atoms with van der Waals surface area (Å²) in [5.41, 5.74) is 5.64. The van der Waals surface area contributed by atoms with Crippen molar-refractivity contribution in [3.8, 4) is 0 Å². The van der Waals surface area contributed by atoms with E-state index in [0.717, 1.165) is 12.5 Å². The molecule has 0 aliphatic carbocycles. The summed E-state index contributed by atoms with van der Waals surface area (Å²) < 4.78 is 0. The number of aliphatic hydroxyl groups is 1. The van der Waals surface area contributed by atoms with Crippen molar-refractivity contribution in [1.82, 2.24) is 9.80 Å². The van der Waals surface area contributed by atoms with Crippen LogP contribution in [0.15, 0.2) is 0 Å². The molecule has 0 saturated carbocycles. The van der Waals surface area contributed by atoms with Crippen LogP contribution in [0, 0.1) is 0 Å². The third-order valence-electron chi connectivity index (χ3n) is 4.58. The number of fused-ring (bicyclic) bond motifs is 1. The van der Waals surface area contributed by atoms with Crippen LogP contribution < -0.4 is 5.73 Å². The fourth-order valence-corrected chi connectivity index (χ4v) is 3.50. The van der Waals surface area contributed by atoms with Gasteiger partial charge in [-0.15, -0.1) is 0 Å². The Balaban J connectivity index is 1.91. The lowest BCUT2D eigenvalue weighted by molar-refractivity contribution is 0.129. The molecule has 0 spiro atoms. The van der Waals surface area contributed by atoms with Gasteiger partial charge in [0.15, 0.2) is 0 Å². The molecule has 0 aromatic carbocycles. The zero-order valence-corrected chi connectivity index (χ0v) is 11.9. The topological polar surface area (TPSA) is 52.7 Å². The van der Waals surface area contributed by atoms with Crippen molar-refractivity contribution >= 4 is 0 Å². The van der Waals surface area contributed by atoms with Crippen molar-refractivity contribution in [2.24, 2.45) is 5.73 Å². The van der Waals surface area contributed by atoms with Crippen LogP contribution in [0.4, 0.5) is 0 Å². The van der Waals surface area contributed by atoms with Gasteiger partial charge in [0.1, 0.15) is 0 Å². The average Bonchev–Trinajstić information content (AvgIpc) is 2.66. The number of rotatable bonds is 4. The van der Waals surface area contributed by atoms with Crippen LogP contribution >= 0.6 is 0 Å². The number of hydrogen-bond donors (Lipinski definition) is 2. The van der Waals surface area contributed by atoms with Gasteiger partial charge in [-0.2, -0.15) is 0 Å². The Morgan fingerprint density at radius 1 is 1.33 bits per heavy atom. The fourth-order valence-electron chi connectivity index (χ4n) is 3.50. The van der Waals surface area contributed by atoms with E-state index in [1.807, 2.05) is 6.92 Å². The van der Waals surface area contributed by atoms with Gasteiger partial charge < -0.3 is 10.8 Å². The van der Waals surface area contributed by atoms with Crippen molar-refractivity contribution in [2.45, 2.75) is 57.2 Å². The van der Waals surface area contributed by atoms with Crippen molar-refractivity contribution in [1.29, 1.82) is 0 Å². The SMILES string of the molecule is CC(CC(C)(N)CO)N1CCCN2CCCC2C1. The quantitative estimate of drug-likeness (QED) is 0.774. The van der Waals surface area contributed by atoms with Gasteiger partial charge in [-0.1, -0.05) is 0 Å². The highest BCUT2D eigenvalue weighted by molar-refractivity contribution is 4.89. The van der Waals surface area contributed by atoms with Crippen molar-refractivity contribution in [3.63, 3.8) is 0 Å². The molecule has 2 heterocycles. The van der Waals surface area contributed by atoms with E-state index in [1.54, 1.807) is 0 Å². The Bertz CT molecular complexity index is 270. The first-order valence-electron chi connectivity index (χ1n) is 7.40. The van der Waals surface area contributed by atoms with Crippen LogP contribution in [0.2, 0.25) is 0 Å². The molecule has 2 fully saturated rings. The summed E-state index contributed by atoms with van der Waals surface area (Å²) in [4.78, 5) is 5.23.